The smallest absolute Gasteiger partial charge is 0.0499 e. The second-order valence-corrected chi connectivity index (χ2v) is 6.70. The van der Waals surface area contributed by atoms with Gasteiger partial charge in [0.25, 0.3) is 0 Å². The average molecular weight is 264 g/mol. The van der Waals surface area contributed by atoms with E-state index in [0.29, 0.717) is 5.92 Å². The molecule has 1 aromatic carbocycles. The molecule has 1 saturated heterocycles. The summed E-state index contributed by atoms with van der Waals surface area (Å²) in [7, 11) is 0. The van der Waals surface area contributed by atoms with E-state index in [9.17, 15) is 0 Å². The molecule has 3 rings (SSSR count). The Morgan fingerprint density at radius 1 is 1.17 bits per heavy atom. The zero-order chi connectivity index (χ0) is 12.4. The lowest BCUT2D eigenvalue weighted by atomic mass is 9.74. The Balaban J connectivity index is 1.63. The van der Waals surface area contributed by atoms with Gasteiger partial charge in [-0.3, -0.25) is 4.90 Å². The van der Waals surface area contributed by atoms with Crippen LogP contribution in [0.3, 0.4) is 0 Å². The average Bonchev–Trinajstić information content (AvgIpc) is 2.40. The Morgan fingerprint density at radius 2 is 2.00 bits per heavy atom. The molecule has 1 aliphatic heterocycles. The van der Waals surface area contributed by atoms with Crippen molar-refractivity contribution in [3.05, 3.63) is 35.9 Å². The molecule has 0 bridgehead atoms. The van der Waals surface area contributed by atoms with Crippen LogP contribution in [-0.2, 0) is 6.54 Å². The van der Waals surface area contributed by atoms with E-state index in [2.05, 4.69) is 35.2 Å². The second kappa shape index (κ2) is 5.22. The number of benzene rings is 1. The van der Waals surface area contributed by atoms with Gasteiger partial charge < -0.3 is 0 Å². The molecule has 0 N–H and O–H groups in total. The first-order chi connectivity index (χ1) is 8.76. The zero-order valence-electron chi connectivity index (χ0n) is 10.9. The summed E-state index contributed by atoms with van der Waals surface area (Å²) in [6.07, 6.45) is 6.44. The minimum Gasteiger partial charge on any atom is -0.299 e. The molecule has 2 heteroatoms. The Bertz CT molecular complexity index is 391. The molecule has 1 saturated carbocycles. The molecule has 18 heavy (non-hydrogen) atoms. The third-order valence-electron chi connectivity index (χ3n) is 4.70. The number of piperidine rings is 1. The molecule has 0 spiro atoms. The minimum atomic E-state index is 0.130. The van der Waals surface area contributed by atoms with Crippen LogP contribution in [0, 0.1) is 5.92 Å². The molecule has 98 valence electrons. The summed E-state index contributed by atoms with van der Waals surface area (Å²) in [6.45, 7) is 3.44. The van der Waals surface area contributed by atoms with Gasteiger partial charge in [-0.05, 0) is 30.7 Å². The van der Waals surface area contributed by atoms with Gasteiger partial charge in [-0.15, -0.1) is 11.6 Å². The number of likely N-dealkylation sites (tertiary alicyclic amines) is 1. The predicted octanol–water partition coefficient (Wildman–Crippen LogP) is 4.06. The lowest BCUT2D eigenvalue weighted by Gasteiger charge is -2.47. The lowest BCUT2D eigenvalue weighted by Crippen LogP contribution is -2.49. The van der Waals surface area contributed by atoms with Crippen LogP contribution in [0.15, 0.2) is 30.3 Å². The van der Waals surface area contributed by atoms with Crippen LogP contribution in [0.5, 0.6) is 0 Å². The maximum Gasteiger partial charge on any atom is 0.0499 e. The molecule has 2 aliphatic rings. The first-order valence-corrected chi connectivity index (χ1v) is 7.59. The topological polar surface area (TPSA) is 3.24 Å². The highest BCUT2D eigenvalue weighted by atomic mass is 35.5. The Kier molecular flexibility index (Phi) is 3.63. The van der Waals surface area contributed by atoms with Crippen LogP contribution >= 0.6 is 11.6 Å². The van der Waals surface area contributed by atoms with Gasteiger partial charge in [0.1, 0.15) is 0 Å². The van der Waals surface area contributed by atoms with Crippen molar-refractivity contribution in [2.45, 2.75) is 43.5 Å². The number of rotatable bonds is 2. The van der Waals surface area contributed by atoms with E-state index in [1.54, 1.807) is 0 Å². The number of nitrogens with zero attached hydrogens (tertiary/aromatic N) is 1. The van der Waals surface area contributed by atoms with E-state index >= 15 is 0 Å². The molecule has 0 aromatic heterocycles. The highest BCUT2D eigenvalue weighted by molar-refractivity contribution is 6.24. The number of alkyl halides is 1. The Morgan fingerprint density at radius 3 is 2.83 bits per heavy atom. The number of hydrogen-bond donors (Lipinski definition) is 0. The SMILES string of the molecule is Cl[C@]12CCCC[C@H]1CN(Cc1ccccc1)CC2. The van der Waals surface area contributed by atoms with Crippen LogP contribution in [0.25, 0.3) is 0 Å². The molecule has 0 unspecified atom stereocenters. The molecule has 1 aromatic rings. The third-order valence-corrected chi connectivity index (χ3v) is 5.38. The summed E-state index contributed by atoms with van der Waals surface area (Å²) in [6, 6.07) is 10.8. The zero-order valence-corrected chi connectivity index (χ0v) is 11.7. The van der Waals surface area contributed by atoms with Crippen LogP contribution in [0.4, 0.5) is 0 Å². The van der Waals surface area contributed by atoms with E-state index < -0.39 is 0 Å². The fraction of sp³-hybridized carbons (Fsp3) is 0.625. The molecule has 2 atom stereocenters. The molecule has 1 heterocycles. The molecule has 1 nitrogen and oxygen atoms in total. The summed E-state index contributed by atoms with van der Waals surface area (Å²) >= 11 is 6.82. The van der Waals surface area contributed by atoms with Crippen molar-refractivity contribution in [3.63, 3.8) is 0 Å². The number of fused-ring (bicyclic) bond motifs is 1. The van der Waals surface area contributed by atoms with Gasteiger partial charge >= 0.3 is 0 Å². The summed E-state index contributed by atoms with van der Waals surface area (Å²) in [5.74, 6) is 0.713. The summed E-state index contributed by atoms with van der Waals surface area (Å²) < 4.78 is 0. The van der Waals surface area contributed by atoms with E-state index in [1.165, 1.54) is 44.2 Å². The minimum absolute atomic E-state index is 0.130. The number of hydrogen-bond acceptors (Lipinski definition) is 1. The largest absolute Gasteiger partial charge is 0.299 e. The van der Waals surface area contributed by atoms with E-state index in [0.717, 1.165) is 13.1 Å². The molecule has 0 radical (unpaired) electrons. The van der Waals surface area contributed by atoms with Crippen molar-refractivity contribution in [2.24, 2.45) is 5.92 Å². The van der Waals surface area contributed by atoms with Gasteiger partial charge in [-0.1, -0.05) is 43.2 Å². The Labute approximate surface area is 115 Å². The van der Waals surface area contributed by atoms with Crippen LogP contribution < -0.4 is 0 Å². The summed E-state index contributed by atoms with van der Waals surface area (Å²) in [5.41, 5.74) is 1.43. The van der Waals surface area contributed by atoms with Gasteiger partial charge in [-0.25, -0.2) is 0 Å². The molecular weight excluding hydrogens is 242 g/mol. The van der Waals surface area contributed by atoms with Crippen LogP contribution in [0.2, 0.25) is 0 Å². The Hall–Kier alpha value is -0.530. The molecule has 2 fully saturated rings. The van der Waals surface area contributed by atoms with Gasteiger partial charge in [0, 0.05) is 24.5 Å². The van der Waals surface area contributed by atoms with E-state index in [1.807, 2.05) is 0 Å². The monoisotopic (exact) mass is 263 g/mol. The molecule has 0 amide bonds. The van der Waals surface area contributed by atoms with E-state index in [4.69, 9.17) is 11.6 Å². The highest BCUT2D eigenvalue weighted by Crippen LogP contribution is 2.44. The van der Waals surface area contributed by atoms with Crippen molar-refractivity contribution < 1.29 is 0 Å². The lowest BCUT2D eigenvalue weighted by molar-refractivity contribution is 0.0987. The quantitative estimate of drug-likeness (QED) is 0.728. The normalized spacial score (nSPS) is 33.1. The first kappa shape index (κ1) is 12.5. The summed E-state index contributed by atoms with van der Waals surface area (Å²) in [4.78, 5) is 2.72. The van der Waals surface area contributed by atoms with Crippen molar-refractivity contribution >= 4 is 11.6 Å². The van der Waals surface area contributed by atoms with Crippen LogP contribution in [-0.4, -0.2) is 22.9 Å². The van der Waals surface area contributed by atoms with E-state index in [-0.39, 0.29) is 4.87 Å². The van der Waals surface area contributed by atoms with Crippen molar-refractivity contribution in [1.82, 2.24) is 4.90 Å². The van der Waals surface area contributed by atoms with Crippen LogP contribution in [0.1, 0.15) is 37.7 Å². The van der Waals surface area contributed by atoms with Gasteiger partial charge in [0.05, 0.1) is 0 Å². The van der Waals surface area contributed by atoms with Gasteiger partial charge in [0.15, 0.2) is 0 Å². The van der Waals surface area contributed by atoms with Crippen molar-refractivity contribution in [1.29, 1.82) is 0 Å². The van der Waals surface area contributed by atoms with Gasteiger partial charge in [-0.2, -0.15) is 0 Å². The van der Waals surface area contributed by atoms with Gasteiger partial charge in [0.2, 0.25) is 0 Å². The van der Waals surface area contributed by atoms with Crippen molar-refractivity contribution in [3.8, 4) is 0 Å². The highest BCUT2D eigenvalue weighted by Gasteiger charge is 2.42. The first-order valence-electron chi connectivity index (χ1n) is 7.21. The third kappa shape index (κ3) is 2.57. The fourth-order valence-corrected chi connectivity index (χ4v) is 3.98. The predicted molar refractivity (Wildman–Crippen MR) is 76.9 cm³/mol. The summed E-state index contributed by atoms with van der Waals surface area (Å²) in [5, 5.41) is 0. The maximum atomic E-state index is 6.82. The standard InChI is InChI=1S/C16H22ClN/c17-16-9-5-4-8-15(16)13-18(11-10-16)12-14-6-2-1-3-7-14/h1-3,6-7,15H,4-5,8-13H2/t15-,16-/m0/s1. The van der Waals surface area contributed by atoms with Crippen molar-refractivity contribution in [2.75, 3.05) is 13.1 Å². The maximum absolute atomic E-state index is 6.82. The molecular formula is C16H22ClN. The molecule has 1 aliphatic carbocycles. The fourth-order valence-electron chi connectivity index (χ4n) is 3.59. The second-order valence-electron chi connectivity index (χ2n) is 5.95. The number of halogens is 1.